The predicted octanol–water partition coefficient (Wildman–Crippen LogP) is 5.74. The Morgan fingerprint density at radius 3 is 1.80 bits per heavy atom. The van der Waals surface area contributed by atoms with Crippen LogP contribution in [0.2, 0.25) is 0 Å². The number of aromatic hydroxyl groups is 1. The molecule has 3 nitrogen and oxygen atoms in total. The summed E-state index contributed by atoms with van der Waals surface area (Å²) in [6.07, 6.45) is 1.81. The Morgan fingerprint density at radius 1 is 0.880 bits per heavy atom. The topological polar surface area (TPSA) is 44.6 Å². The summed E-state index contributed by atoms with van der Waals surface area (Å²) in [5, 5.41) is 15.1. The zero-order valence-corrected chi connectivity index (χ0v) is 16.4. The highest BCUT2D eigenvalue weighted by molar-refractivity contribution is 5.82. The minimum absolute atomic E-state index is 0.141. The van der Waals surface area contributed by atoms with Gasteiger partial charge in [-0.15, -0.1) is 0 Å². The molecule has 0 aliphatic rings. The SMILES string of the molecule is Cc1ccc(NN=Cc2cc(C(C)(C)C)c(O)c(C(C)(C)C)c2)cc1. The predicted molar refractivity (Wildman–Crippen MR) is 108 cm³/mol. The summed E-state index contributed by atoms with van der Waals surface area (Å²) in [6, 6.07) is 12.1. The average Bonchev–Trinajstić information content (AvgIpc) is 2.48. The van der Waals surface area contributed by atoms with Crippen LogP contribution in [0.3, 0.4) is 0 Å². The third kappa shape index (κ3) is 4.85. The molecule has 2 N–H and O–H groups in total. The van der Waals surface area contributed by atoms with Crippen LogP contribution in [0, 0.1) is 6.92 Å². The molecule has 0 heterocycles. The van der Waals surface area contributed by atoms with Crippen LogP contribution >= 0.6 is 0 Å². The van der Waals surface area contributed by atoms with Gasteiger partial charge in [-0.1, -0.05) is 59.2 Å². The Kier molecular flexibility index (Phi) is 5.26. The number of hydrogen-bond acceptors (Lipinski definition) is 3. The Morgan fingerprint density at radius 2 is 1.36 bits per heavy atom. The van der Waals surface area contributed by atoms with Crippen molar-refractivity contribution in [2.45, 2.75) is 59.3 Å². The van der Waals surface area contributed by atoms with E-state index in [1.807, 2.05) is 42.6 Å². The first-order chi connectivity index (χ1) is 11.5. The number of nitrogens with one attached hydrogen (secondary N) is 1. The first-order valence-electron chi connectivity index (χ1n) is 8.72. The van der Waals surface area contributed by atoms with Gasteiger partial charge in [-0.3, -0.25) is 5.43 Å². The second kappa shape index (κ2) is 6.91. The van der Waals surface area contributed by atoms with Crippen LogP contribution in [0.5, 0.6) is 5.75 Å². The summed E-state index contributed by atoms with van der Waals surface area (Å²) in [7, 11) is 0. The Labute approximate surface area is 151 Å². The quantitative estimate of drug-likeness (QED) is 0.553. The molecule has 25 heavy (non-hydrogen) atoms. The van der Waals surface area contributed by atoms with Gasteiger partial charge in [0.15, 0.2) is 0 Å². The molecule has 0 radical (unpaired) electrons. The molecule has 3 heteroatoms. The van der Waals surface area contributed by atoms with E-state index in [0.29, 0.717) is 5.75 Å². The smallest absolute Gasteiger partial charge is 0.123 e. The highest BCUT2D eigenvalue weighted by Gasteiger charge is 2.26. The molecule has 2 rings (SSSR count). The first kappa shape index (κ1) is 19.0. The van der Waals surface area contributed by atoms with Gasteiger partial charge in [-0.05, 0) is 47.6 Å². The van der Waals surface area contributed by atoms with Crippen molar-refractivity contribution in [2.75, 3.05) is 5.43 Å². The normalized spacial score (nSPS) is 12.6. The standard InChI is InChI=1S/C22H30N2O/c1-15-8-10-17(11-9-15)24-23-14-16-12-18(21(2,3)4)20(25)19(13-16)22(5,6)7/h8-14,24-25H,1-7H3. The summed E-state index contributed by atoms with van der Waals surface area (Å²) in [6.45, 7) is 14.7. The highest BCUT2D eigenvalue weighted by atomic mass is 16.3. The van der Waals surface area contributed by atoms with Crippen molar-refractivity contribution < 1.29 is 5.11 Å². The largest absolute Gasteiger partial charge is 0.507 e. The molecule has 0 aromatic heterocycles. The number of phenolic OH excluding ortho intramolecular Hbond substituents is 1. The maximum Gasteiger partial charge on any atom is 0.123 e. The van der Waals surface area contributed by atoms with Crippen molar-refractivity contribution in [2.24, 2.45) is 5.10 Å². The lowest BCUT2D eigenvalue weighted by molar-refractivity contribution is 0.423. The Bertz CT molecular complexity index is 725. The summed E-state index contributed by atoms with van der Waals surface area (Å²) in [5.74, 6) is 0.392. The van der Waals surface area contributed by atoms with Gasteiger partial charge < -0.3 is 5.11 Å². The van der Waals surface area contributed by atoms with Gasteiger partial charge in [0.05, 0.1) is 11.9 Å². The van der Waals surface area contributed by atoms with Crippen LogP contribution in [0.15, 0.2) is 41.5 Å². The van der Waals surface area contributed by atoms with E-state index in [1.165, 1.54) is 5.56 Å². The van der Waals surface area contributed by atoms with E-state index in [9.17, 15) is 5.11 Å². The highest BCUT2D eigenvalue weighted by Crippen LogP contribution is 2.39. The first-order valence-corrected chi connectivity index (χ1v) is 8.72. The number of hydrogen-bond donors (Lipinski definition) is 2. The molecule has 0 amide bonds. The van der Waals surface area contributed by atoms with Crippen molar-refractivity contribution >= 4 is 11.9 Å². The molecule has 0 saturated heterocycles. The van der Waals surface area contributed by atoms with Gasteiger partial charge in [0.2, 0.25) is 0 Å². The minimum Gasteiger partial charge on any atom is -0.507 e. The van der Waals surface area contributed by atoms with Gasteiger partial charge in [-0.25, -0.2) is 0 Å². The number of phenols is 1. The third-order valence-electron chi connectivity index (χ3n) is 4.21. The molecule has 0 aliphatic heterocycles. The molecule has 2 aromatic carbocycles. The van der Waals surface area contributed by atoms with Crippen molar-refractivity contribution in [3.63, 3.8) is 0 Å². The van der Waals surface area contributed by atoms with E-state index in [0.717, 1.165) is 22.4 Å². The molecule has 0 saturated carbocycles. The molecule has 0 bridgehead atoms. The Balaban J connectivity index is 2.36. The number of benzene rings is 2. The number of hydrazone groups is 1. The summed E-state index contributed by atoms with van der Waals surface area (Å²) < 4.78 is 0. The maximum absolute atomic E-state index is 10.8. The summed E-state index contributed by atoms with van der Waals surface area (Å²) >= 11 is 0. The lowest BCUT2D eigenvalue weighted by Gasteiger charge is -2.27. The molecule has 134 valence electrons. The van der Waals surface area contributed by atoms with Crippen LogP contribution in [-0.4, -0.2) is 11.3 Å². The third-order valence-corrected chi connectivity index (χ3v) is 4.21. The molecule has 0 atom stereocenters. The van der Waals surface area contributed by atoms with E-state index in [1.54, 1.807) is 0 Å². The van der Waals surface area contributed by atoms with Crippen molar-refractivity contribution in [3.8, 4) is 5.75 Å². The minimum atomic E-state index is -0.141. The molecule has 0 spiro atoms. The molecular weight excluding hydrogens is 308 g/mol. The second-order valence-corrected chi connectivity index (χ2v) is 8.70. The average molecular weight is 338 g/mol. The number of aryl methyl sites for hydroxylation is 1. The van der Waals surface area contributed by atoms with Crippen LogP contribution in [0.1, 0.15) is 63.8 Å². The maximum atomic E-state index is 10.8. The van der Waals surface area contributed by atoms with E-state index >= 15 is 0 Å². The molecule has 0 aliphatic carbocycles. The van der Waals surface area contributed by atoms with Gasteiger partial charge in [0.1, 0.15) is 5.75 Å². The van der Waals surface area contributed by atoms with E-state index < -0.39 is 0 Å². The van der Waals surface area contributed by atoms with Crippen molar-refractivity contribution in [1.82, 2.24) is 0 Å². The van der Waals surface area contributed by atoms with Gasteiger partial charge in [0.25, 0.3) is 0 Å². The number of anilines is 1. The van der Waals surface area contributed by atoms with Crippen LogP contribution < -0.4 is 5.43 Å². The zero-order chi connectivity index (χ0) is 18.8. The molecular formula is C22H30N2O. The Hall–Kier alpha value is -2.29. The number of nitrogens with zero attached hydrogens (tertiary/aromatic N) is 1. The summed E-state index contributed by atoms with van der Waals surface area (Å²) in [5.41, 5.74) is 7.81. The second-order valence-electron chi connectivity index (χ2n) is 8.70. The van der Waals surface area contributed by atoms with Crippen LogP contribution in [-0.2, 0) is 10.8 Å². The molecule has 0 unspecified atom stereocenters. The van der Waals surface area contributed by atoms with Crippen molar-refractivity contribution in [1.29, 1.82) is 0 Å². The monoisotopic (exact) mass is 338 g/mol. The van der Waals surface area contributed by atoms with Gasteiger partial charge >= 0.3 is 0 Å². The van der Waals surface area contributed by atoms with E-state index in [-0.39, 0.29) is 10.8 Å². The molecule has 0 fully saturated rings. The van der Waals surface area contributed by atoms with Gasteiger partial charge in [0, 0.05) is 11.1 Å². The fourth-order valence-corrected chi connectivity index (χ4v) is 2.68. The zero-order valence-electron chi connectivity index (χ0n) is 16.4. The fourth-order valence-electron chi connectivity index (χ4n) is 2.68. The summed E-state index contributed by atoms with van der Waals surface area (Å²) in [4.78, 5) is 0. The van der Waals surface area contributed by atoms with E-state index in [2.05, 4.69) is 59.0 Å². The lowest BCUT2D eigenvalue weighted by Crippen LogP contribution is -2.17. The van der Waals surface area contributed by atoms with Crippen LogP contribution in [0.4, 0.5) is 5.69 Å². The van der Waals surface area contributed by atoms with Crippen molar-refractivity contribution in [3.05, 3.63) is 58.7 Å². The van der Waals surface area contributed by atoms with Gasteiger partial charge in [-0.2, -0.15) is 5.10 Å². The molecule has 2 aromatic rings. The van der Waals surface area contributed by atoms with E-state index in [4.69, 9.17) is 0 Å². The van der Waals surface area contributed by atoms with Crippen LogP contribution in [0.25, 0.3) is 0 Å². The lowest BCUT2D eigenvalue weighted by atomic mass is 9.78. The number of rotatable bonds is 3. The fraction of sp³-hybridized carbons (Fsp3) is 0.409.